The Balaban J connectivity index is 2.38. The molecule has 7 nitrogen and oxygen atoms in total. The lowest BCUT2D eigenvalue weighted by molar-refractivity contribution is -0.0625. The Labute approximate surface area is 108 Å². The van der Waals surface area contributed by atoms with Gasteiger partial charge in [-0.15, -0.1) is 0 Å². The Morgan fingerprint density at radius 2 is 2.33 bits per heavy atom. The second-order valence-electron chi connectivity index (χ2n) is 3.96. The molecule has 8 heteroatoms. The topological polar surface area (TPSA) is 93.5 Å². The summed E-state index contributed by atoms with van der Waals surface area (Å²) in [6.07, 6.45) is -0.409. The Morgan fingerprint density at radius 3 is 2.89 bits per heavy atom. The minimum Gasteiger partial charge on any atom is -0.394 e. The molecule has 1 aliphatic heterocycles. The highest BCUT2D eigenvalue weighted by atomic mass is 32.1. The highest BCUT2D eigenvalue weighted by Gasteiger charge is 2.44. The standard InChI is InChI=1S/C10H14N2O5S/c1-16-7-8(18)5(4-13)17-9(7)12-3-2-6(14)11-10(12)15/h2-3,5,7-9,13,18H,4H2,1H3,(H,11,14,15)/t5-,7-,8-,9-/m1/s1. The van der Waals surface area contributed by atoms with Gasteiger partial charge in [0.15, 0.2) is 6.23 Å². The molecule has 0 aliphatic carbocycles. The maximum absolute atomic E-state index is 11.7. The molecular weight excluding hydrogens is 260 g/mol. The lowest BCUT2D eigenvalue weighted by atomic mass is 10.2. The van der Waals surface area contributed by atoms with Crippen molar-refractivity contribution in [2.75, 3.05) is 13.7 Å². The molecule has 0 spiro atoms. The average molecular weight is 274 g/mol. The first-order valence-corrected chi connectivity index (χ1v) is 5.88. The third-order valence-electron chi connectivity index (χ3n) is 2.89. The van der Waals surface area contributed by atoms with Gasteiger partial charge in [-0.2, -0.15) is 12.6 Å². The third-order valence-corrected chi connectivity index (χ3v) is 3.52. The highest BCUT2D eigenvalue weighted by Crippen LogP contribution is 2.33. The van der Waals surface area contributed by atoms with Gasteiger partial charge in [0.05, 0.1) is 18.0 Å². The van der Waals surface area contributed by atoms with Gasteiger partial charge in [-0.05, 0) is 0 Å². The van der Waals surface area contributed by atoms with Gasteiger partial charge in [0.25, 0.3) is 5.56 Å². The van der Waals surface area contributed by atoms with Crippen molar-refractivity contribution >= 4 is 12.6 Å². The second-order valence-corrected chi connectivity index (χ2v) is 4.55. The van der Waals surface area contributed by atoms with E-state index in [4.69, 9.17) is 14.6 Å². The van der Waals surface area contributed by atoms with Crippen LogP contribution in [0.25, 0.3) is 0 Å². The van der Waals surface area contributed by atoms with E-state index in [0.717, 1.165) is 0 Å². The Morgan fingerprint density at radius 1 is 1.61 bits per heavy atom. The maximum Gasteiger partial charge on any atom is 0.330 e. The number of methoxy groups -OCH3 is 1. The normalized spacial score (nSPS) is 31.7. The molecule has 1 fully saturated rings. The number of thiol groups is 1. The van der Waals surface area contributed by atoms with Crippen molar-refractivity contribution in [3.63, 3.8) is 0 Å². The molecule has 1 aromatic rings. The lowest BCUT2D eigenvalue weighted by Crippen LogP contribution is -2.37. The molecule has 0 saturated carbocycles. The number of H-pyrrole nitrogens is 1. The first kappa shape index (κ1) is 13.3. The van der Waals surface area contributed by atoms with Gasteiger partial charge in [-0.3, -0.25) is 14.3 Å². The van der Waals surface area contributed by atoms with Gasteiger partial charge >= 0.3 is 5.69 Å². The minimum atomic E-state index is -0.723. The average Bonchev–Trinajstić information content (AvgIpc) is 2.65. The van der Waals surface area contributed by atoms with Crippen LogP contribution in [-0.2, 0) is 9.47 Å². The number of nitrogens with zero attached hydrogens (tertiary/aromatic N) is 1. The number of aliphatic hydroxyl groups is 1. The van der Waals surface area contributed by atoms with E-state index < -0.39 is 29.7 Å². The van der Waals surface area contributed by atoms with Crippen molar-refractivity contribution in [3.05, 3.63) is 33.1 Å². The number of hydrogen-bond acceptors (Lipinski definition) is 6. The Kier molecular flexibility index (Phi) is 3.91. The van der Waals surface area contributed by atoms with Crippen molar-refractivity contribution in [2.45, 2.75) is 23.7 Å². The van der Waals surface area contributed by atoms with Crippen LogP contribution < -0.4 is 11.2 Å². The molecule has 1 aliphatic rings. The van der Waals surface area contributed by atoms with Crippen LogP contribution in [0.1, 0.15) is 6.23 Å². The summed E-state index contributed by atoms with van der Waals surface area (Å²) in [6, 6.07) is 1.22. The number of aromatic amines is 1. The SMILES string of the molecule is CO[C@@H]1[C@H](S)[C@@H](CO)O[C@H]1n1ccc(=O)[nH]c1=O. The van der Waals surface area contributed by atoms with Crippen molar-refractivity contribution in [2.24, 2.45) is 0 Å². The molecule has 1 saturated heterocycles. The molecule has 0 amide bonds. The number of ether oxygens (including phenoxy) is 2. The van der Waals surface area contributed by atoms with E-state index >= 15 is 0 Å². The van der Waals surface area contributed by atoms with Crippen LogP contribution in [0.5, 0.6) is 0 Å². The van der Waals surface area contributed by atoms with Crippen molar-refractivity contribution in [1.82, 2.24) is 9.55 Å². The van der Waals surface area contributed by atoms with E-state index in [2.05, 4.69) is 17.6 Å². The zero-order valence-electron chi connectivity index (χ0n) is 9.65. The largest absolute Gasteiger partial charge is 0.394 e. The zero-order chi connectivity index (χ0) is 13.3. The van der Waals surface area contributed by atoms with E-state index in [1.54, 1.807) is 0 Å². The van der Waals surface area contributed by atoms with Crippen LogP contribution in [0.3, 0.4) is 0 Å². The van der Waals surface area contributed by atoms with Crippen molar-refractivity contribution in [3.8, 4) is 0 Å². The van der Waals surface area contributed by atoms with Crippen LogP contribution in [0.15, 0.2) is 21.9 Å². The van der Waals surface area contributed by atoms with Crippen LogP contribution in [0.4, 0.5) is 0 Å². The van der Waals surface area contributed by atoms with Crippen LogP contribution >= 0.6 is 12.6 Å². The van der Waals surface area contributed by atoms with Crippen LogP contribution in [0.2, 0.25) is 0 Å². The van der Waals surface area contributed by atoms with Crippen molar-refractivity contribution < 1.29 is 14.6 Å². The van der Waals surface area contributed by atoms with E-state index in [1.807, 2.05) is 0 Å². The molecule has 0 unspecified atom stereocenters. The summed E-state index contributed by atoms with van der Waals surface area (Å²) in [4.78, 5) is 24.8. The summed E-state index contributed by atoms with van der Waals surface area (Å²) < 4.78 is 12.0. The quantitative estimate of drug-likeness (QED) is 0.598. The monoisotopic (exact) mass is 274 g/mol. The smallest absolute Gasteiger partial charge is 0.330 e. The highest BCUT2D eigenvalue weighted by molar-refractivity contribution is 7.81. The number of aliphatic hydroxyl groups excluding tert-OH is 1. The van der Waals surface area contributed by atoms with E-state index in [-0.39, 0.29) is 11.9 Å². The number of rotatable bonds is 3. The van der Waals surface area contributed by atoms with Crippen LogP contribution in [0, 0.1) is 0 Å². The second kappa shape index (κ2) is 5.27. The minimum absolute atomic E-state index is 0.220. The number of hydrogen-bond donors (Lipinski definition) is 3. The predicted molar refractivity (Wildman–Crippen MR) is 65.9 cm³/mol. The molecule has 0 aromatic carbocycles. The summed E-state index contributed by atoms with van der Waals surface area (Å²) in [5, 5.41) is 8.80. The molecular formula is C10H14N2O5S. The molecule has 2 N–H and O–H groups in total. The van der Waals surface area contributed by atoms with E-state index in [1.165, 1.54) is 23.9 Å². The summed E-state index contributed by atoms with van der Waals surface area (Å²) in [7, 11) is 1.47. The third kappa shape index (κ3) is 2.24. The van der Waals surface area contributed by atoms with Gasteiger partial charge in [0, 0.05) is 19.4 Å². The molecule has 2 rings (SSSR count). The molecule has 100 valence electrons. The van der Waals surface area contributed by atoms with Gasteiger partial charge in [0.2, 0.25) is 0 Å². The molecule has 4 atom stereocenters. The van der Waals surface area contributed by atoms with Crippen molar-refractivity contribution in [1.29, 1.82) is 0 Å². The molecule has 2 heterocycles. The zero-order valence-corrected chi connectivity index (χ0v) is 10.5. The maximum atomic E-state index is 11.7. The first-order valence-electron chi connectivity index (χ1n) is 5.37. The van der Waals surface area contributed by atoms with Gasteiger partial charge in [-0.25, -0.2) is 4.79 Å². The summed E-state index contributed by atoms with van der Waals surface area (Å²) in [6.45, 7) is -0.220. The summed E-state index contributed by atoms with van der Waals surface area (Å²) in [5.74, 6) is 0. The summed E-state index contributed by atoms with van der Waals surface area (Å²) in [5.41, 5.74) is -1.07. The van der Waals surface area contributed by atoms with E-state index in [9.17, 15) is 9.59 Å². The Bertz CT molecular complexity index is 527. The first-order chi connectivity index (χ1) is 8.58. The van der Waals surface area contributed by atoms with Crippen LogP contribution in [-0.4, -0.2) is 45.8 Å². The van der Waals surface area contributed by atoms with Gasteiger partial charge in [0.1, 0.15) is 6.10 Å². The fourth-order valence-electron chi connectivity index (χ4n) is 1.98. The number of nitrogens with one attached hydrogen (secondary N) is 1. The van der Waals surface area contributed by atoms with E-state index in [0.29, 0.717) is 0 Å². The molecule has 0 bridgehead atoms. The van der Waals surface area contributed by atoms with Gasteiger partial charge in [-0.1, -0.05) is 0 Å². The summed E-state index contributed by atoms with van der Waals surface area (Å²) >= 11 is 4.31. The predicted octanol–water partition coefficient (Wildman–Crippen LogP) is -1.26. The number of aromatic nitrogens is 2. The fourth-order valence-corrected chi connectivity index (χ4v) is 2.41. The molecule has 18 heavy (non-hydrogen) atoms. The molecule has 1 aromatic heterocycles. The van der Waals surface area contributed by atoms with Gasteiger partial charge < -0.3 is 14.6 Å². The lowest BCUT2D eigenvalue weighted by Gasteiger charge is -2.20. The fraction of sp³-hybridized carbons (Fsp3) is 0.600. The Hall–Kier alpha value is -1.09. The molecule has 0 radical (unpaired) electrons.